The molecule has 0 saturated carbocycles. The molecule has 5 rings (SSSR count). The molecule has 0 spiro atoms. The maximum atomic E-state index is 13.1. The summed E-state index contributed by atoms with van der Waals surface area (Å²) in [6.45, 7) is 7.81. The number of carbonyl (C=O) groups is 1. The highest BCUT2D eigenvalue weighted by Gasteiger charge is 2.35. The monoisotopic (exact) mass is 442 g/mol. The number of aromatic amines is 1. The molecule has 168 valence electrons. The second-order valence-electron chi connectivity index (χ2n) is 9.27. The number of benzene rings is 1. The molecular weight excluding hydrogens is 416 g/mol. The highest BCUT2D eigenvalue weighted by Crippen LogP contribution is 2.37. The third-order valence-corrected chi connectivity index (χ3v) is 5.99. The van der Waals surface area contributed by atoms with Crippen LogP contribution in [-0.2, 0) is 5.41 Å². The van der Waals surface area contributed by atoms with Crippen LogP contribution in [0.4, 0.5) is 11.6 Å². The first-order valence-corrected chi connectivity index (χ1v) is 11.0. The molecule has 1 saturated heterocycles. The van der Waals surface area contributed by atoms with Crippen molar-refractivity contribution in [2.45, 2.75) is 38.6 Å². The van der Waals surface area contributed by atoms with Crippen LogP contribution in [0, 0.1) is 0 Å². The predicted octanol–water partition coefficient (Wildman–Crippen LogP) is 3.49. The SMILES string of the molecule is CC(C)(C)c1ccccc1N(c1ncc2n[nH]nc2n1)C1CCN(C(=O)c2ccncc2)C1. The summed E-state index contributed by atoms with van der Waals surface area (Å²) in [6, 6.07) is 11.9. The van der Waals surface area contributed by atoms with Crippen LogP contribution in [0.25, 0.3) is 11.2 Å². The van der Waals surface area contributed by atoms with Crippen LogP contribution in [0.1, 0.15) is 43.1 Å². The number of H-pyrrole nitrogens is 1. The average Bonchev–Trinajstić information content (AvgIpc) is 3.49. The van der Waals surface area contributed by atoms with E-state index in [0.29, 0.717) is 35.8 Å². The average molecular weight is 443 g/mol. The lowest BCUT2D eigenvalue weighted by Crippen LogP contribution is -2.38. The summed E-state index contributed by atoms with van der Waals surface area (Å²) >= 11 is 0. The third-order valence-electron chi connectivity index (χ3n) is 5.99. The summed E-state index contributed by atoms with van der Waals surface area (Å²) in [7, 11) is 0. The first kappa shape index (κ1) is 21.0. The number of pyridine rings is 1. The summed E-state index contributed by atoms with van der Waals surface area (Å²) < 4.78 is 0. The van der Waals surface area contributed by atoms with Gasteiger partial charge in [0.25, 0.3) is 5.91 Å². The summed E-state index contributed by atoms with van der Waals surface area (Å²) in [4.78, 5) is 30.5. The van der Waals surface area contributed by atoms with E-state index in [2.05, 4.69) is 69.2 Å². The fourth-order valence-electron chi connectivity index (χ4n) is 4.36. The minimum Gasteiger partial charge on any atom is -0.336 e. The van der Waals surface area contributed by atoms with Crippen molar-refractivity contribution in [2.75, 3.05) is 18.0 Å². The maximum absolute atomic E-state index is 13.1. The molecule has 0 bridgehead atoms. The van der Waals surface area contributed by atoms with E-state index in [-0.39, 0.29) is 17.4 Å². The Kier molecular flexibility index (Phi) is 5.24. The van der Waals surface area contributed by atoms with Crippen molar-refractivity contribution in [1.82, 2.24) is 35.3 Å². The molecular formula is C24H26N8O. The molecule has 4 heterocycles. The fourth-order valence-corrected chi connectivity index (χ4v) is 4.36. The molecule has 9 nitrogen and oxygen atoms in total. The summed E-state index contributed by atoms with van der Waals surface area (Å²) in [5, 5.41) is 10.8. The van der Waals surface area contributed by atoms with E-state index in [1.807, 2.05) is 11.0 Å². The van der Waals surface area contributed by atoms with Gasteiger partial charge in [-0.15, -0.1) is 5.10 Å². The second-order valence-corrected chi connectivity index (χ2v) is 9.27. The Morgan fingerprint density at radius 2 is 1.91 bits per heavy atom. The van der Waals surface area contributed by atoms with Crippen LogP contribution in [0.15, 0.2) is 55.0 Å². The molecule has 1 N–H and O–H groups in total. The molecule has 1 aliphatic rings. The van der Waals surface area contributed by atoms with Gasteiger partial charge in [0.2, 0.25) is 11.6 Å². The van der Waals surface area contributed by atoms with Crippen molar-refractivity contribution in [1.29, 1.82) is 0 Å². The van der Waals surface area contributed by atoms with Crippen LogP contribution < -0.4 is 4.90 Å². The van der Waals surface area contributed by atoms with Gasteiger partial charge < -0.3 is 9.80 Å². The lowest BCUT2D eigenvalue weighted by atomic mass is 9.85. The zero-order chi connectivity index (χ0) is 23.0. The Bertz CT molecular complexity index is 1280. The van der Waals surface area contributed by atoms with Crippen molar-refractivity contribution in [3.8, 4) is 0 Å². The molecule has 1 atom stereocenters. The van der Waals surface area contributed by atoms with E-state index in [4.69, 9.17) is 4.98 Å². The Labute approximate surface area is 191 Å². The van der Waals surface area contributed by atoms with Gasteiger partial charge in [0.1, 0.15) is 5.52 Å². The largest absolute Gasteiger partial charge is 0.336 e. The standard InChI is InChI=1S/C24H26N8O/c1-24(2,3)18-6-4-5-7-20(18)32(23-26-14-19-21(27-23)29-30-28-19)17-10-13-31(15-17)22(33)16-8-11-25-12-9-16/h4-9,11-12,14,17H,10,13,15H2,1-3H3,(H,26,27,28,29,30). The molecule has 1 amide bonds. The van der Waals surface area contributed by atoms with Crippen LogP contribution in [0.3, 0.4) is 0 Å². The maximum Gasteiger partial charge on any atom is 0.254 e. The number of rotatable bonds is 4. The van der Waals surface area contributed by atoms with Crippen LogP contribution in [-0.4, -0.2) is 60.3 Å². The molecule has 4 aromatic rings. The van der Waals surface area contributed by atoms with Crippen LogP contribution in [0.5, 0.6) is 0 Å². The van der Waals surface area contributed by atoms with Gasteiger partial charge in [-0.2, -0.15) is 15.3 Å². The molecule has 1 aromatic carbocycles. The smallest absolute Gasteiger partial charge is 0.254 e. The number of carbonyl (C=O) groups excluding carboxylic acids is 1. The Morgan fingerprint density at radius 3 is 2.70 bits per heavy atom. The Hall–Kier alpha value is -3.88. The molecule has 0 aliphatic carbocycles. The van der Waals surface area contributed by atoms with Gasteiger partial charge in [0.15, 0.2) is 0 Å². The number of para-hydroxylation sites is 1. The van der Waals surface area contributed by atoms with Gasteiger partial charge in [0.05, 0.1) is 12.2 Å². The van der Waals surface area contributed by atoms with Crippen LogP contribution in [0.2, 0.25) is 0 Å². The number of amides is 1. The zero-order valence-corrected chi connectivity index (χ0v) is 18.9. The van der Waals surface area contributed by atoms with Gasteiger partial charge in [-0.1, -0.05) is 39.0 Å². The molecule has 1 fully saturated rings. The minimum absolute atomic E-state index is 0.0110. The van der Waals surface area contributed by atoms with Gasteiger partial charge in [0, 0.05) is 36.7 Å². The van der Waals surface area contributed by atoms with E-state index in [0.717, 1.165) is 12.1 Å². The lowest BCUT2D eigenvalue weighted by Gasteiger charge is -2.34. The van der Waals surface area contributed by atoms with E-state index in [1.165, 1.54) is 5.56 Å². The van der Waals surface area contributed by atoms with Crippen LogP contribution >= 0.6 is 0 Å². The predicted molar refractivity (Wildman–Crippen MR) is 125 cm³/mol. The number of fused-ring (bicyclic) bond motifs is 1. The molecule has 3 aromatic heterocycles. The number of hydrogen-bond acceptors (Lipinski definition) is 7. The van der Waals surface area contributed by atoms with E-state index in [1.54, 1.807) is 30.7 Å². The molecule has 1 unspecified atom stereocenters. The summed E-state index contributed by atoms with van der Waals surface area (Å²) in [5.41, 5.74) is 3.92. The topological polar surface area (TPSA) is 104 Å². The first-order chi connectivity index (χ1) is 15.9. The number of nitrogens with zero attached hydrogens (tertiary/aromatic N) is 7. The second kappa shape index (κ2) is 8.23. The fraction of sp³-hybridized carbons (Fsp3) is 0.333. The van der Waals surface area contributed by atoms with E-state index in [9.17, 15) is 4.79 Å². The number of aromatic nitrogens is 6. The Morgan fingerprint density at radius 1 is 1.12 bits per heavy atom. The molecule has 1 aliphatic heterocycles. The van der Waals surface area contributed by atoms with Crippen molar-refractivity contribution in [3.63, 3.8) is 0 Å². The normalized spacial score (nSPS) is 16.3. The zero-order valence-electron chi connectivity index (χ0n) is 18.9. The summed E-state index contributed by atoms with van der Waals surface area (Å²) in [5.74, 6) is 0.563. The number of hydrogen-bond donors (Lipinski definition) is 1. The van der Waals surface area contributed by atoms with Gasteiger partial charge in [-0.05, 0) is 35.6 Å². The van der Waals surface area contributed by atoms with Crippen molar-refractivity contribution in [3.05, 3.63) is 66.1 Å². The number of anilines is 2. The highest BCUT2D eigenvalue weighted by atomic mass is 16.2. The summed E-state index contributed by atoms with van der Waals surface area (Å²) in [6.07, 6.45) is 5.78. The van der Waals surface area contributed by atoms with E-state index >= 15 is 0 Å². The van der Waals surface area contributed by atoms with Crippen molar-refractivity contribution < 1.29 is 4.79 Å². The van der Waals surface area contributed by atoms with Gasteiger partial charge in [-0.3, -0.25) is 9.78 Å². The van der Waals surface area contributed by atoms with Gasteiger partial charge >= 0.3 is 0 Å². The van der Waals surface area contributed by atoms with E-state index < -0.39 is 0 Å². The third kappa shape index (κ3) is 4.02. The van der Waals surface area contributed by atoms with Crippen molar-refractivity contribution >= 4 is 28.7 Å². The van der Waals surface area contributed by atoms with Crippen molar-refractivity contribution in [2.24, 2.45) is 0 Å². The lowest BCUT2D eigenvalue weighted by molar-refractivity contribution is 0.0790. The molecule has 0 radical (unpaired) electrons. The molecule has 9 heteroatoms. The number of nitrogens with one attached hydrogen (secondary N) is 1. The number of likely N-dealkylation sites (tertiary alicyclic amines) is 1. The molecule has 33 heavy (non-hydrogen) atoms. The Balaban J connectivity index is 1.55. The first-order valence-electron chi connectivity index (χ1n) is 11.0. The minimum atomic E-state index is -0.0853. The highest BCUT2D eigenvalue weighted by molar-refractivity contribution is 5.94. The van der Waals surface area contributed by atoms with Gasteiger partial charge in [-0.25, -0.2) is 4.98 Å². The quantitative estimate of drug-likeness (QED) is 0.516.